The van der Waals surface area contributed by atoms with E-state index in [1.165, 1.54) is 11.8 Å². The number of carbonyl (C=O) groups excluding carboxylic acids is 2. The summed E-state index contributed by atoms with van der Waals surface area (Å²) in [7, 11) is 3.11. The third kappa shape index (κ3) is 4.51. The zero-order chi connectivity index (χ0) is 24.4. The lowest BCUT2D eigenvalue weighted by molar-refractivity contribution is -0.130. The van der Waals surface area contributed by atoms with E-state index in [9.17, 15) is 9.59 Å². The monoisotopic (exact) mass is 494 g/mol. The molecule has 1 saturated heterocycles. The average molecular weight is 495 g/mol. The zero-order valence-corrected chi connectivity index (χ0v) is 20.4. The molecule has 0 bridgehead atoms. The summed E-state index contributed by atoms with van der Waals surface area (Å²) in [6.07, 6.45) is 2.09. The van der Waals surface area contributed by atoms with Crippen LogP contribution in [0.25, 0.3) is 16.8 Å². The Balaban J connectivity index is 1.37. The number of hydrogen-bond acceptors (Lipinski definition) is 7. The second-order valence-corrected chi connectivity index (χ2v) is 9.13. The standard InChI is InChI=1S/C24H26N6O4S/c1-33-16-9-10-20(34-2)17(13-16)25-21(31)15-35-24-27-26-23-29(14-22(32)28-11-5-6-12-28)18-7-3-4-8-19(18)30(23)24/h3-4,7-10,13H,5-6,11-12,14-15H2,1-2H3,(H,25,31). The molecule has 2 aromatic carbocycles. The van der Waals surface area contributed by atoms with Gasteiger partial charge in [-0.05, 0) is 37.1 Å². The zero-order valence-electron chi connectivity index (χ0n) is 19.6. The van der Waals surface area contributed by atoms with Gasteiger partial charge in [-0.15, -0.1) is 10.2 Å². The third-order valence-corrected chi connectivity index (χ3v) is 6.97. The number of para-hydroxylation sites is 2. The number of anilines is 1. The normalized spacial score (nSPS) is 13.5. The summed E-state index contributed by atoms with van der Waals surface area (Å²) in [5.41, 5.74) is 2.32. The van der Waals surface area contributed by atoms with Crippen molar-refractivity contribution >= 4 is 46.1 Å². The second kappa shape index (κ2) is 9.87. The Hall–Kier alpha value is -3.73. The van der Waals surface area contributed by atoms with Gasteiger partial charge in [-0.25, -0.2) is 0 Å². The lowest BCUT2D eigenvalue weighted by Gasteiger charge is -2.15. The minimum Gasteiger partial charge on any atom is -0.497 e. The molecule has 0 radical (unpaired) electrons. The van der Waals surface area contributed by atoms with Gasteiger partial charge in [0.1, 0.15) is 18.0 Å². The molecule has 0 saturated carbocycles. The summed E-state index contributed by atoms with van der Waals surface area (Å²) in [6, 6.07) is 13.0. The maximum atomic E-state index is 12.9. The Morgan fingerprint density at radius 1 is 1.03 bits per heavy atom. The Kier molecular flexibility index (Phi) is 6.49. The van der Waals surface area contributed by atoms with E-state index in [2.05, 4.69) is 15.5 Å². The fourth-order valence-corrected chi connectivity index (χ4v) is 5.06. The predicted octanol–water partition coefficient (Wildman–Crippen LogP) is 3.05. The molecule has 2 aromatic heterocycles. The number of carbonyl (C=O) groups is 2. The minimum atomic E-state index is -0.216. The lowest BCUT2D eigenvalue weighted by Crippen LogP contribution is -2.31. The smallest absolute Gasteiger partial charge is 0.242 e. The molecule has 5 rings (SSSR count). The van der Waals surface area contributed by atoms with Gasteiger partial charge in [0.15, 0.2) is 5.16 Å². The first-order valence-electron chi connectivity index (χ1n) is 11.3. The van der Waals surface area contributed by atoms with Gasteiger partial charge in [0, 0.05) is 19.2 Å². The number of fused-ring (bicyclic) bond motifs is 3. The highest BCUT2D eigenvalue weighted by Crippen LogP contribution is 2.30. The number of thioether (sulfide) groups is 1. The molecule has 0 spiro atoms. The number of benzene rings is 2. The fourth-order valence-electron chi connectivity index (χ4n) is 4.32. The van der Waals surface area contributed by atoms with Crippen molar-refractivity contribution in [3.05, 3.63) is 42.5 Å². The van der Waals surface area contributed by atoms with Crippen LogP contribution >= 0.6 is 11.8 Å². The van der Waals surface area contributed by atoms with Crippen molar-refractivity contribution in [3.8, 4) is 11.5 Å². The Labute approximate surface area is 206 Å². The summed E-state index contributed by atoms with van der Waals surface area (Å²) in [5, 5.41) is 12.1. The Morgan fingerprint density at radius 3 is 2.54 bits per heavy atom. The van der Waals surface area contributed by atoms with Gasteiger partial charge in [-0.1, -0.05) is 23.9 Å². The van der Waals surface area contributed by atoms with Gasteiger partial charge < -0.3 is 19.7 Å². The molecule has 0 aliphatic carbocycles. The third-order valence-electron chi connectivity index (χ3n) is 6.04. The van der Waals surface area contributed by atoms with Crippen molar-refractivity contribution in [2.75, 3.05) is 38.4 Å². The minimum absolute atomic E-state index is 0.0783. The van der Waals surface area contributed by atoms with Crippen molar-refractivity contribution in [3.63, 3.8) is 0 Å². The lowest BCUT2D eigenvalue weighted by atomic mass is 10.2. The first-order chi connectivity index (χ1) is 17.1. The van der Waals surface area contributed by atoms with E-state index in [-0.39, 0.29) is 24.1 Å². The molecule has 1 N–H and O–H groups in total. The Bertz CT molecular complexity index is 1390. The molecule has 3 heterocycles. The van der Waals surface area contributed by atoms with E-state index < -0.39 is 0 Å². The van der Waals surface area contributed by atoms with Crippen LogP contribution in [0, 0.1) is 0 Å². The van der Waals surface area contributed by atoms with Crippen LogP contribution in [0.5, 0.6) is 11.5 Å². The number of amides is 2. The topological polar surface area (TPSA) is 103 Å². The van der Waals surface area contributed by atoms with Crippen molar-refractivity contribution in [1.82, 2.24) is 24.1 Å². The van der Waals surface area contributed by atoms with E-state index in [1.54, 1.807) is 32.4 Å². The summed E-state index contributed by atoms with van der Waals surface area (Å²) < 4.78 is 14.4. The van der Waals surface area contributed by atoms with Crippen LogP contribution in [0.4, 0.5) is 5.69 Å². The molecule has 11 heteroatoms. The number of hydrogen-bond donors (Lipinski definition) is 1. The molecule has 0 atom stereocenters. The van der Waals surface area contributed by atoms with Crippen LogP contribution in [0.15, 0.2) is 47.6 Å². The number of methoxy groups -OCH3 is 2. The van der Waals surface area contributed by atoms with E-state index in [0.29, 0.717) is 28.1 Å². The van der Waals surface area contributed by atoms with Crippen molar-refractivity contribution in [1.29, 1.82) is 0 Å². The highest BCUT2D eigenvalue weighted by atomic mass is 32.2. The van der Waals surface area contributed by atoms with Gasteiger partial charge in [0.25, 0.3) is 0 Å². The fraction of sp³-hybridized carbons (Fsp3) is 0.333. The van der Waals surface area contributed by atoms with Crippen LogP contribution in [0.1, 0.15) is 12.8 Å². The molecule has 0 unspecified atom stereocenters. The number of ether oxygens (including phenoxy) is 2. The first kappa shape index (κ1) is 23.0. The summed E-state index contributed by atoms with van der Waals surface area (Å²) >= 11 is 1.28. The summed E-state index contributed by atoms with van der Waals surface area (Å²) in [4.78, 5) is 27.5. The quantitative estimate of drug-likeness (QED) is 0.376. The molecule has 1 fully saturated rings. The van der Waals surface area contributed by atoms with E-state index >= 15 is 0 Å². The second-order valence-electron chi connectivity index (χ2n) is 8.18. The Morgan fingerprint density at radius 2 is 1.80 bits per heavy atom. The molecule has 1 aliphatic heterocycles. The molecule has 35 heavy (non-hydrogen) atoms. The molecule has 10 nitrogen and oxygen atoms in total. The number of rotatable bonds is 8. The number of nitrogens with one attached hydrogen (secondary N) is 1. The SMILES string of the molecule is COc1ccc(OC)c(NC(=O)CSc2nnc3n(CC(=O)N4CCCC4)c4ccccc4n23)c1. The van der Waals surface area contributed by atoms with Gasteiger partial charge >= 0.3 is 0 Å². The molecule has 4 aromatic rings. The highest BCUT2D eigenvalue weighted by molar-refractivity contribution is 7.99. The molecule has 1 aliphatic rings. The molecular weight excluding hydrogens is 468 g/mol. The van der Waals surface area contributed by atoms with Crippen LogP contribution in [0.2, 0.25) is 0 Å². The molecular formula is C24H26N6O4S. The number of aromatic nitrogens is 4. The maximum absolute atomic E-state index is 12.9. The predicted molar refractivity (Wildman–Crippen MR) is 133 cm³/mol. The average Bonchev–Trinajstić information content (AvgIpc) is 3.61. The van der Waals surface area contributed by atoms with Crippen molar-refractivity contribution < 1.29 is 19.1 Å². The summed E-state index contributed by atoms with van der Waals surface area (Å²) in [5.74, 6) is 1.72. The molecule has 182 valence electrons. The van der Waals surface area contributed by atoms with Gasteiger partial charge in [-0.2, -0.15) is 0 Å². The van der Waals surface area contributed by atoms with Crippen LogP contribution in [-0.4, -0.2) is 68.9 Å². The number of likely N-dealkylation sites (tertiary alicyclic amines) is 1. The van der Waals surface area contributed by atoms with Crippen LogP contribution in [0.3, 0.4) is 0 Å². The first-order valence-corrected chi connectivity index (χ1v) is 12.3. The van der Waals surface area contributed by atoms with E-state index in [0.717, 1.165) is 37.0 Å². The largest absolute Gasteiger partial charge is 0.497 e. The van der Waals surface area contributed by atoms with Gasteiger partial charge in [0.05, 0.1) is 36.7 Å². The van der Waals surface area contributed by atoms with E-state index in [4.69, 9.17) is 9.47 Å². The van der Waals surface area contributed by atoms with E-state index in [1.807, 2.05) is 38.1 Å². The van der Waals surface area contributed by atoms with Gasteiger partial charge in [0.2, 0.25) is 17.6 Å². The molecule has 2 amide bonds. The van der Waals surface area contributed by atoms with Gasteiger partial charge in [-0.3, -0.25) is 18.6 Å². The summed E-state index contributed by atoms with van der Waals surface area (Å²) in [6.45, 7) is 1.81. The van der Waals surface area contributed by atoms with Crippen LogP contribution in [-0.2, 0) is 16.1 Å². The van der Waals surface area contributed by atoms with Crippen molar-refractivity contribution in [2.24, 2.45) is 0 Å². The number of imidazole rings is 1. The number of nitrogens with zero attached hydrogens (tertiary/aromatic N) is 5. The highest BCUT2D eigenvalue weighted by Gasteiger charge is 2.23. The maximum Gasteiger partial charge on any atom is 0.242 e. The van der Waals surface area contributed by atoms with Crippen LogP contribution < -0.4 is 14.8 Å². The van der Waals surface area contributed by atoms with Crippen molar-refractivity contribution in [2.45, 2.75) is 24.5 Å².